The molecule has 0 unspecified atom stereocenters. The number of carbonyl (C=O) groups is 1. The number of hydrogen-bond acceptors (Lipinski definition) is 2. The Hall–Kier alpha value is -1.82. The first-order chi connectivity index (χ1) is 9.47. The lowest BCUT2D eigenvalue weighted by molar-refractivity contribution is -0.122. The predicted octanol–water partition coefficient (Wildman–Crippen LogP) is 1.88. The van der Waals surface area contributed by atoms with E-state index in [0.29, 0.717) is 0 Å². The van der Waals surface area contributed by atoms with Crippen LogP contribution in [-0.2, 0) is 4.79 Å². The fourth-order valence-corrected chi connectivity index (χ4v) is 2.30. The van der Waals surface area contributed by atoms with Crippen LogP contribution in [0.15, 0.2) is 24.3 Å². The summed E-state index contributed by atoms with van der Waals surface area (Å²) in [5.74, 6) is -1.88. The Morgan fingerprint density at radius 2 is 2.20 bits per heavy atom. The predicted molar refractivity (Wildman–Crippen MR) is 69.5 cm³/mol. The molecule has 6 heteroatoms. The van der Waals surface area contributed by atoms with Crippen LogP contribution in [0.25, 0.3) is 6.08 Å². The minimum Gasteiger partial charge on any atom is -0.368 e. The number of rotatable bonds is 4. The van der Waals surface area contributed by atoms with Gasteiger partial charge in [0.15, 0.2) is 0 Å². The van der Waals surface area contributed by atoms with E-state index in [-0.39, 0.29) is 25.1 Å². The maximum Gasteiger partial charge on any atom is 0.234 e. The quantitative estimate of drug-likeness (QED) is 0.917. The Morgan fingerprint density at radius 3 is 2.85 bits per heavy atom. The van der Waals surface area contributed by atoms with Crippen LogP contribution in [0.3, 0.4) is 0 Å². The molecule has 1 aliphatic rings. The van der Waals surface area contributed by atoms with Gasteiger partial charge < -0.3 is 5.73 Å². The highest BCUT2D eigenvalue weighted by Crippen LogP contribution is 2.20. The van der Waals surface area contributed by atoms with E-state index in [0.717, 1.165) is 12.1 Å². The Morgan fingerprint density at radius 1 is 1.45 bits per heavy atom. The van der Waals surface area contributed by atoms with Crippen LogP contribution in [-0.4, -0.2) is 36.1 Å². The summed E-state index contributed by atoms with van der Waals surface area (Å²) in [5.41, 5.74) is 5.44. The SMILES string of the molecule is NC(=O)[C@@H]1C[C@@H](F)CN1C/C=C/c1ccc(F)cc1F. The highest BCUT2D eigenvalue weighted by molar-refractivity contribution is 5.80. The largest absolute Gasteiger partial charge is 0.368 e. The lowest BCUT2D eigenvalue weighted by Crippen LogP contribution is -2.40. The molecule has 2 atom stereocenters. The first-order valence-corrected chi connectivity index (χ1v) is 6.26. The van der Waals surface area contributed by atoms with Gasteiger partial charge in [-0.1, -0.05) is 12.2 Å². The van der Waals surface area contributed by atoms with Crippen molar-refractivity contribution >= 4 is 12.0 Å². The van der Waals surface area contributed by atoms with E-state index in [1.54, 1.807) is 11.0 Å². The fourth-order valence-electron chi connectivity index (χ4n) is 2.30. The van der Waals surface area contributed by atoms with Crippen LogP contribution in [0.4, 0.5) is 13.2 Å². The van der Waals surface area contributed by atoms with Gasteiger partial charge >= 0.3 is 0 Å². The molecule has 0 aliphatic carbocycles. The summed E-state index contributed by atoms with van der Waals surface area (Å²) < 4.78 is 39.4. The molecule has 1 amide bonds. The van der Waals surface area contributed by atoms with Gasteiger partial charge in [0.2, 0.25) is 5.91 Å². The summed E-state index contributed by atoms with van der Waals surface area (Å²) in [6.07, 6.45) is 2.08. The van der Waals surface area contributed by atoms with Crippen molar-refractivity contribution in [1.29, 1.82) is 0 Å². The average molecular weight is 284 g/mol. The number of amides is 1. The first-order valence-electron chi connectivity index (χ1n) is 6.26. The third-order valence-electron chi connectivity index (χ3n) is 3.28. The van der Waals surface area contributed by atoms with E-state index < -0.39 is 29.8 Å². The molecular weight excluding hydrogens is 269 g/mol. The zero-order chi connectivity index (χ0) is 14.7. The molecule has 20 heavy (non-hydrogen) atoms. The lowest BCUT2D eigenvalue weighted by Gasteiger charge is -2.19. The molecule has 0 bridgehead atoms. The van der Waals surface area contributed by atoms with Gasteiger partial charge in [-0.25, -0.2) is 13.2 Å². The van der Waals surface area contributed by atoms with Crippen LogP contribution in [0.2, 0.25) is 0 Å². The normalized spacial score (nSPS) is 23.6. The third kappa shape index (κ3) is 3.39. The second-order valence-electron chi connectivity index (χ2n) is 4.77. The minimum absolute atomic E-state index is 0.0914. The van der Waals surface area contributed by atoms with Crippen molar-refractivity contribution < 1.29 is 18.0 Å². The molecular formula is C14H15F3N2O. The van der Waals surface area contributed by atoms with Gasteiger partial charge in [0.25, 0.3) is 0 Å². The van der Waals surface area contributed by atoms with E-state index in [4.69, 9.17) is 5.73 Å². The molecule has 1 aliphatic heterocycles. The van der Waals surface area contributed by atoms with Crippen molar-refractivity contribution in [2.75, 3.05) is 13.1 Å². The van der Waals surface area contributed by atoms with Gasteiger partial charge in [-0.2, -0.15) is 0 Å². The summed E-state index contributed by atoms with van der Waals surface area (Å²) in [6, 6.07) is 2.63. The summed E-state index contributed by atoms with van der Waals surface area (Å²) in [5, 5.41) is 0. The zero-order valence-corrected chi connectivity index (χ0v) is 10.7. The zero-order valence-electron chi connectivity index (χ0n) is 10.7. The lowest BCUT2D eigenvalue weighted by atomic mass is 10.2. The molecule has 0 radical (unpaired) electrons. The Balaban J connectivity index is 2.00. The van der Waals surface area contributed by atoms with Crippen LogP contribution in [0.5, 0.6) is 0 Å². The second kappa shape index (κ2) is 6.09. The number of benzene rings is 1. The molecule has 1 aromatic rings. The number of carbonyl (C=O) groups excluding carboxylic acids is 1. The number of alkyl halides is 1. The van der Waals surface area contributed by atoms with E-state index in [2.05, 4.69) is 0 Å². The number of primary amides is 1. The number of nitrogens with zero attached hydrogens (tertiary/aromatic N) is 1. The van der Waals surface area contributed by atoms with Crippen LogP contribution in [0.1, 0.15) is 12.0 Å². The Labute approximate surface area is 114 Å². The van der Waals surface area contributed by atoms with Crippen molar-refractivity contribution in [2.45, 2.75) is 18.6 Å². The molecule has 1 aromatic carbocycles. The van der Waals surface area contributed by atoms with Crippen LogP contribution in [0, 0.1) is 11.6 Å². The molecule has 0 saturated carbocycles. The maximum atomic E-state index is 13.4. The fraction of sp³-hybridized carbons (Fsp3) is 0.357. The van der Waals surface area contributed by atoms with Gasteiger partial charge in [-0.3, -0.25) is 9.69 Å². The van der Waals surface area contributed by atoms with Gasteiger partial charge in [-0.05, 0) is 12.1 Å². The molecule has 1 fully saturated rings. The highest BCUT2D eigenvalue weighted by Gasteiger charge is 2.34. The van der Waals surface area contributed by atoms with Crippen molar-refractivity contribution in [1.82, 2.24) is 4.90 Å². The van der Waals surface area contributed by atoms with E-state index in [1.807, 2.05) is 0 Å². The van der Waals surface area contributed by atoms with Crippen molar-refractivity contribution in [3.63, 3.8) is 0 Å². The highest BCUT2D eigenvalue weighted by atomic mass is 19.1. The van der Waals surface area contributed by atoms with Gasteiger partial charge in [0, 0.05) is 31.1 Å². The molecule has 1 saturated heterocycles. The maximum absolute atomic E-state index is 13.4. The summed E-state index contributed by atoms with van der Waals surface area (Å²) in [7, 11) is 0. The van der Waals surface area contributed by atoms with Crippen LogP contribution < -0.4 is 5.73 Å². The minimum atomic E-state index is -1.08. The van der Waals surface area contributed by atoms with Crippen molar-refractivity contribution in [2.24, 2.45) is 5.73 Å². The van der Waals surface area contributed by atoms with Crippen molar-refractivity contribution in [3.05, 3.63) is 41.5 Å². The Bertz CT molecular complexity index is 533. The molecule has 108 valence electrons. The third-order valence-corrected chi connectivity index (χ3v) is 3.28. The van der Waals surface area contributed by atoms with E-state index in [9.17, 15) is 18.0 Å². The van der Waals surface area contributed by atoms with Crippen molar-refractivity contribution in [3.8, 4) is 0 Å². The summed E-state index contributed by atoms with van der Waals surface area (Å²) >= 11 is 0. The van der Waals surface area contributed by atoms with Gasteiger partial charge in [-0.15, -0.1) is 0 Å². The van der Waals surface area contributed by atoms with E-state index in [1.165, 1.54) is 12.1 Å². The van der Waals surface area contributed by atoms with Crippen LogP contribution >= 0.6 is 0 Å². The molecule has 2 N–H and O–H groups in total. The monoisotopic (exact) mass is 284 g/mol. The summed E-state index contributed by atoms with van der Waals surface area (Å²) in [4.78, 5) is 12.8. The number of halogens is 3. The van der Waals surface area contributed by atoms with Gasteiger partial charge in [0.1, 0.15) is 17.8 Å². The summed E-state index contributed by atoms with van der Waals surface area (Å²) in [6.45, 7) is 0.411. The molecule has 1 heterocycles. The van der Waals surface area contributed by atoms with Gasteiger partial charge in [0.05, 0.1) is 6.04 Å². The standard InChI is InChI=1S/C14H15F3N2O/c15-10-4-3-9(12(17)6-10)2-1-5-19-8-11(16)7-13(19)14(18)20/h1-4,6,11,13H,5,7-8H2,(H2,18,20)/b2-1+/t11-,13+/m1/s1. The number of hydrogen-bond donors (Lipinski definition) is 1. The molecule has 0 aromatic heterocycles. The number of likely N-dealkylation sites (tertiary alicyclic amines) is 1. The van der Waals surface area contributed by atoms with E-state index >= 15 is 0 Å². The number of nitrogens with two attached hydrogens (primary N) is 1. The topological polar surface area (TPSA) is 46.3 Å². The molecule has 0 spiro atoms. The molecule has 2 rings (SSSR count). The Kier molecular flexibility index (Phi) is 4.44. The first kappa shape index (κ1) is 14.6. The second-order valence-corrected chi connectivity index (χ2v) is 4.77. The molecule has 3 nitrogen and oxygen atoms in total. The average Bonchev–Trinajstić information content (AvgIpc) is 2.73. The smallest absolute Gasteiger partial charge is 0.234 e.